The molecule has 3 heterocycles. The lowest BCUT2D eigenvalue weighted by Gasteiger charge is -2.29. The molecule has 0 spiro atoms. The molecule has 3 aromatic rings. The van der Waals surface area contributed by atoms with Gasteiger partial charge in [0, 0.05) is 50.6 Å². The van der Waals surface area contributed by atoms with Gasteiger partial charge in [0.1, 0.15) is 12.1 Å². The van der Waals surface area contributed by atoms with Crippen LogP contribution in [0.5, 0.6) is 0 Å². The average molecular weight is 361 g/mol. The summed E-state index contributed by atoms with van der Waals surface area (Å²) in [7, 11) is 0. The molecule has 1 unspecified atom stereocenters. The average Bonchev–Trinajstić information content (AvgIpc) is 2.73. The molecule has 0 aliphatic carbocycles. The highest BCUT2D eigenvalue weighted by Crippen LogP contribution is 2.24. The number of aromatic nitrogens is 3. The summed E-state index contributed by atoms with van der Waals surface area (Å²) in [6.45, 7) is 3.09. The third kappa shape index (κ3) is 4.30. The fraction of sp³-hybridized carbons (Fsp3) is 0.286. The second-order valence-electron chi connectivity index (χ2n) is 6.77. The standard InChI is InChI=1S/C21H23N5O/c27-20(17-6-9-22-10-7-17)12-23-21-18-14-26(11-8-19(18)24-15-25-21)13-16-4-2-1-3-5-16/h1-7,9-10,15,20,27H,8,11-14H2,(H,23,24,25). The van der Waals surface area contributed by atoms with Gasteiger partial charge in [0.05, 0.1) is 11.8 Å². The van der Waals surface area contributed by atoms with Crippen molar-refractivity contribution in [2.75, 3.05) is 18.4 Å². The first kappa shape index (κ1) is 17.6. The van der Waals surface area contributed by atoms with E-state index in [2.05, 4.69) is 49.4 Å². The molecule has 1 aromatic carbocycles. The first-order valence-electron chi connectivity index (χ1n) is 9.20. The Morgan fingerprint density at radius 3 is 2.70 bits per heavy atom. The van der Waals surface area contributed by atoms with Gasteiger partial charge in [-0.05, 0) is 23.3 Å². The molecular formula is C21H23N5O. The highest BCUT2D eigenvalue weighted by atomic mass is 16.3. The van der Waals surface area contributed by atoms with Gasteiger partial charge in [-0.1, -0.05) is 30.3 Å². The van der Waals surface area contributed by atoms with Crippen LogP contribution in [0, 0.1) is 0 Å². The minimum absolute atomic E-state index is 0.395. The number of pyridine rings is 1. The van der Waals surface area contributed by atoms with Gasteiger partial charge in [-0.15, -0.1) is 0 Å². The maximum atomic E-state index is 10.4. The molecule has 0 saturated heterocycles. The maximum absolute atomic E-state index is 10.4. The van der Waals surface area contributed by atoms with Crippen molar-refractivity contribution in [3.05, 3.63) is 83.6 Å². The summed E-state index contributed by atoms with van der Waals surface area (Å²) in [5, 5.41) is 13.7. The van der Waals surface area contributed by atoms with Crippen LogP contribution in [0.1, 0.15) is 28.5 Å². The first-order valence-corrected chi connectivity index (χ1v) is 9.20. The van der Waals surface area contributed by atoms with Crippen LogP contribution in [0.15, 0.2) is 61.2 Å². The van der Waals surface area contributed by atoms with Gasteiger partial charge in [0.2, 0.25) is 0 Å². The smallest absolute Gasteiger partial charge is 0.134 e. The third-order valence-electron chi connectivity index (χ3n) is 4.88. The van der Waals surface area contributed by atoms with E-state index in [4.69, 9.17) is 0 Å². The molecule has 6 heteroatoms. The molecule has 1 atom stereocenters. The zero-order valence-corrected chi connectivity index (χ0v) is 15.1. The molecule has 6 nitrogen and oxygen atoms in total. The Morgan fingerprint density at radius 2 is 1.89 bits per heavy atom. The zero-order valence-electron chi connectivity index (χ0n) is 15.1. The molecule has 27 heavy (non-hydrogen) atoms. The van der Waals surface area contributed by atoms with Gasteiger partial charge in [0.25, 0.3) is 0 Å². The fourth-order valence-corrected chi connectivity index (χ4v) is 3.42. The first-order chi connectivity index (χ1) is 13.3. The van der Waals surface area contributed by atoms with Crippen LogP contribution in [-0.4, -0.2) is 38.0 Å². The Morgan fingerprint density at radius 1 is 1.07 bits per heavy atom. The molecule has 0 amide bonds. The van der Waals surface area contributed by atoms with Crippen LogP contribution < -0.4 is 5.32 Å². The van der Waals surface area contributed by atoms with Crippen molar-refractivity contribution in [1.29, 1.82) is 0 Å². The van der Waals surface area contributed by atoms with E-state index in [0.717, 1.165) is 48.7 Å². The lowest BCUT2D eigenvalue weighted by molar-refractivity contribution is 0.191. The van der Waals surface area contributed by atoms with E-state index in [1.165, 1.54) is 5.56 Å². The SMILES string of the molecule is OC(CNc1ncnc2c1CN(Cc1ccccc1)CC2)c1ccncc1. The van der Waals surface area contributed by atoms with Gasteiger partial charge in [-0.25, -0.2) is 9.97 Å². The van der Waals surface area contributed by atoms with Crippen molar-refractivity contribution in [2.24, 2.45) is 0 Å². The van der Waals surface area contributed by atoms with Crippen LogP contribution in [0.2, 0.25) is 0 Å². The van der Waals surface area contributed by atoms with Gasteiger partial charge >= 0.3 is 0 Å². The molecule has 0 radical (unpaired) electrons. The molecule has 1 aliphatic heterocycles. The summed E-state index contributed by atoms with van der Waals surface area (Å²) in [5.74, 6) is 0.811. The number of nitrogens with zero attached hydrogens (tertiary/aromatic N) is 4. The highest BCUT2D eigenvalue weighted by Gasteiger charge is 2.21. The number of hydrogen-bond acceptors (Lipinski definition) is 6. The Hall–Kier alpha value is -2.83. The number of benzene rings is 1. The fourth-order valence-electron chi connectivity index (χ4n) is 3.42. The maximum Gasteiger partial charge on any atom is 0.134 e. The van der Waals surface area contributed by atoms with Crippen LogP contribution in [0.4, 0.5) is 5.82 Å². The van der Waals surface area contributed by atoms with E-state index in [-0.39, 0.29) is 0 Å². The number of aliphatic hydroxyl groups excluding tert-OH is 1. The van der Waals surface area contributed by atoms with E-state index in [1.807, 2.05) is 18.2 Å². The highest BCUT2D eigenvalue weighted by molar-refractivity contribution is 5.47. The van der Waals surface area contributed by atoms with Gasteiger partial charge in [-0.3, -0.25) is 9.88 Å². The van der Waals surface area contributed by atoms with Crippen molar-refractivity contribution >= 4 is 5.82 Å². The number of rotatable bonds is 6. The molecule has 138 valence electrons. The lowest BCUT2D eigenvalue weighted by Crippen LogP contribution is -2.31. The normalized spacial score (nSPS) is 15.1. The summed E-state index contributed by atoms with van der Waals surface area (Å²) in [6.07, 6.45) is 5.28. The molecule has 0 saturated carbocycles. The minimum atomic E-state index is -0.609. The predicted octanol–water partition coefficient (Wildman–Crippen LogP) is 2.58. The van der Waals surface area contributed by atoms with E-state index in [1.54, 1.807) is 18.7 Å². The third-order valence-corrected chi connectivity index (χ3v) is 4.88. The zero-order chi connectivity index (χ0) is 18.5. The number of nitrogens with one attached hydrogen (secondary N) is 1. The molecule has 1 aliphatic rings. The number of anilines is 1. The summed E-state index contributed by atoms with van der Waals surface area (Å²) >= 11 is 0. The minimum Gasteiger partial charge on any atom is -0.387 e. The van der Waals surface area contributed by atoms with Crippen LogP contribution in [-0.2, 0) is 19.5 Å². The topological polar surface area (TPSA) is 74.2 Å². The molecule has 2 aromatic heterocycles. The molecule has 2 N–H and O–H groups in total. The van der Waals surface area contributed by atoms with Crippen molar-refractivity contribution in [3.63, 3.8) is 0 Å². The molecule has 0 fully saturated rings. The van der Waals surface area contributed by atoms with E-state index in [9.17, 15) is 5.11 Å². The lowest BCUT2D eigenvalue weighted by atomic mass is 10.0. The second kappa shape index (κ2) is 8.24. The van der Waals surface area contributed by atoms with Crippen LogP contribution in [0.25, 0.3) is 0 Å². The molecular weight excluding hydrogens is 338 g/mol. The number of aliphatic hydroxyl groups is 1. The van der Waals surface area contributed by atoms with Crippen molar-refractivity contribution in [3.8, 4) is 0 Å². The Bertz CT molecular complexity index is 872. The van der Waals surface area contributed by atoms with Gasteiger partial charge in [-0.2, -0.15) is 0 Å². The molecule has 0 bridgehead atoms. The van der Waals surface area contributed by atoms with Crippen molar-refractivity contribution < 1.29 is 5.11 Å². The number of hydrogen-bond donors (Lipinski definition) is 2. The van der Waals surface area contributed by atoms with Gasteiger partial charge in [0.15, 0.2) is 0 Å². The Kier molecular flexibility index (Phi) is 5.37. The number of fused-ring (bicyclic) bond motifs is 1. The second-order valence-corrected chi connectivity index (χ2v) is 6.77. The van der Waals surface area contributed by atoms with E-state index >= 15 is 0 Å². The van der Waals surface area contributed by atoms with Crippen molar-refractivity contribution in [2.45, 2.75) is 25.6 Å². The largest absolute Gasteiger partial charge is 0.387 e. The van der Waals surface area contributed by atoms with Crippen LogP contribution in [0.3, 0.4) is 0 Å². The van der Waals surface area contributed by atoms with E-state index < -0.39 is 6.10 Å². The summed E-state index contributed by atoms with van der Waals surface area (Å²) in [5.41, 5.74) is 4.36. The summed E-state index contributed by atoms with van der Waals surface area (Å²) in [4.78, 5) is 15.3. The Labute approximate surface area is 158 Å². The summed E-state index contributed by atoms with van der Waals surface area (Å²) in [6, 6.07) is 14.1. The van der Waals surface area contributed by atoms with Crippen molar-refractivity contribution in [1.82, 2.24) is 19.9 Å². The van der Waals surface area contributed by atoms with E-state index in [0.29, 0.717) is 6.54 Å². The van der Waals surface area contributed by atoms with Crippen LogP contribution >= 0.6 is 0 Å². The summed E-state index contributed by atoms with van der Waals surface area (Å²) < 4.78 is 0. The molecule has 4 rings (SSSR count). The Balaban J connectivity index is 1.45. The monoisotopic (exact) mass is 361 g/mol. The predicted molar refractivity (Wildman–Crippen MR) is 104 cm³/mol. The quantitative estimate of drug-likeness (QED) is 0.703. The van der Waals surface area contributed by atoms with Gasteiger partial charge < -0.3 is 10.4 Å².